The van der Waals surface area contributed by atoms with Crippen molar-refractivity contribution in [2.75, 3.05) is 0 Å². The Labute approximate surface area is 154 Å². The molecule has 1 aliphatic rings. The van der Waals surface area contributed by atoms with Gasteiger partial charge in [-0.3, -0.25) is 15.1 Å². The highest BCUT2D eigenvalue weighted by Gasteiger charge is 2.16. The predicted molar refractivity (Wildman–Crippen MR) is 106 cm³/mol. The Hall–Kier alpha value is -2.79. The van der Waals surface area contributed by atoms with Gasteiger partial charge in [0.15, 0.2) is 0 Å². The number of nitrogens with zero attached hydrogens (tertiary/aromatic N) is 2. The Morgan fingerprint density at radius 2 is 1.69 bits per heavy atom. The quantitative estimate of drug-likeness (QED) is 0.330. The molecular formula is C21H16N2O2S. The third-order valence-corrected chi connectivity index (χ3v) is 6.38. The van der Waals surface area contributed by atoms with Gasteiger partial charge in [0.25, 0.3) is 5.69 Å². The largest absolute Gasteiger partial charge is 0.269 e. The molecule has 2 heterocycles. The number of rotatable bonds is 2. The first-order valence-corrected chi connectivity index (χ1v) is 9.60. The van der Waals surface area contributed by atoms with Crippen molar-refractivity contribution in [3.05, 3.63) is 69.9 Å². The van der Waals surface area contributed by atoms with Crippen LogP contribution in [0.4, 0.5) is 5.69 Å². The van der Waals surface area contributed by atoms with Crippen LogP contribution in [-0.2, 0) is 12.8 Å². The van der Waals surface area contributed by atoms with Crippen LogP contribution in [0.25, 0.3) is 31.4 Å². The Morgan fingerprint density at radius 1 is 0.962 bits per heavy atom. The van der Waals surface area contributed by atoms with E-state index in [-0.39, 0.29) is 10.6 Å². The minimum absolute atomic E-state index is 0.102. The molecule has 0 spiro atoms. The van der Waals surface area contributed by atoms with Crippen LogP contribution in [0.5, 0.6) is 0 Å². The van der Waals surface area contributed by atoms with Crippen LogP contribution in [0.2, 0.25) is 0 Å². The van der Waals surface area contributed by atoms with Gasteiger partial charge in [0.1, 0.15) is 0 Å². The van der Waals surface area contributed by atoms with Crippen molar-refractivity contribution in [2.45, 2.75) is 25.7 Å². The van der Waals surface area contributed by atoms with Gasteiger partial charge in [0, 0.05) is 39.4 Å². The molecule has 0 radical (unpaired) electrons. The van der Waals surface area contributed by atoms with Crippen LogP contribution in [0.3, 0.4) is 0 Å². The first-order chi connectivity index (χ1) is 12.7. The summed E-state index contributed by atoms with van der Waals surface area (Å²) in [6.45, 7) is 0. The van der Waals surface area contributed by atoms with Gasteiger partial charge in [-0.05, 0) is 67.1 Å². The summed E-state index contributed by atoms with van der Waals surface area (Å²) in [5, 5.41) is 13.4. The Balaban J connectivity index is 1.72. The number of aromatic nitrogens is 1. The van der Waals surface area contributed by atoms with Gasteiger partial charge in [-0.2, -0.15) is 0 Å². The number of nitro benzene ring substituents is 1. The van der Waals surface area contributed by atoms with E-state index in [9.17, 15) is 10.1 Å². The second-order valence-electron chi connectivity index (χ2n) is 6.77. The molecule has 0 amide bonds. The fraction of sp³-hybridized carbons (Fsp3) is 0.190. The molecule has 1 aliphatic carbocycles. The predicted octanol–water partition coefficient (Wildman–Crippen LogP) is 5.90. The van der Waals surface area contributed by atoms with Crippen molar-refractivity contribution >= 4 is 37.2 Å². The minimum Gasteiger partial charge on any atom is -0.258 e. The van der Waals surface area contributed by atoms with Gasteiger partial charge in [0.05, 0.1) is 15.3 Å². The van der Waals surface area contributed by atoms with Crippen LogP contribution < -0.4 is 0 Å². The highest BCUT2D eigenvalue weighted by atomic mass is 32.1. The molecule has 0 atom stereocenters. The highest BCUT2D eigenvalue weighted by molar-refractivity contribution is 7.26. The summed E-state index contributed by atoms with van der Waals surface area (Å²) < 4.78 is 2.45. The molecule has 2 aromatic heterocycles. The number of thiophene rings is 1. The number of hydrogen-bond acceptors (Lipinski definition) is 4. The summed E-state index contributed by atoms with van der Waals surface area (Å²) >= 11 is 1.77. The summed E-state index contributed by atoms with van der Waals surface area (Å²) in [7, 11) is 0. The normalized spacial score (nSPS) is 13.8. The van der Waals surface area contributed by atoms with E-state index in [2.05, 4.69) is 23.2 Å². The van der Waals surface area contributed by atoms with E-state index in [4.69, 9.17) is 0 Å². The zero-order valence-corrected chi connectivity index (χ0v) is 14.9. The van der Waals surface area contributed by atoms with Gasteiger partial charge in [-0.1, -0.05) is 0 Å². The third kappa shape index (κ3) is 2.39. The fourth-order valence-corrected chi connectivity index (χ4v) is 5.13. The zero-order chi connectivity index (χ0) is 17.7. The van der Waals surface area contributed by atoms with Gasteiger partial charge in [-0.25, -0.2) is 0 Å². The summed E-state index contributed by atoms with van der Waals surface area (Å²) in [5.41, 5.74) is 4.89. The Kier molecular flexibility index (Phi) is 3.50. The second kappa shape index (κ2) is 5.88. The van der Waals surface area contributed by atoms with Crippen molar-refractivity contribution in [1.29, 1.82) is 0 Å². The number of aryl methyl sites for hydroxylation is 2. The highest BCUT2D eigenvalue weighted by Crippen LogP contribution is 2.41. The summed E-state index contributed by atoms with van der Waals surface area (Å²) in [6, 6.07) is 13.5. The van der Waals surface area contributed by atoms with Gasteiger partial charge in [-0.15, -0.1) is 11.3 Å². The van der Waals surface area contributed by atoms with E-state index < -0.39 is 0 Å². The molecule has 0 fully saturated rings. The lowest BCUT2D eigenvalue weighted by Crippen LogP contribution is -2.01. The molecule has 4 aromatic rings. The monoisotopic (exact) mass is 360 g/mol. The SMILES string of the molecule is O=[N+]([O-])c1ccc(-c2nccc3c2sc2cc4c(cc23)CCCC4)cc1. The molecule has 4 nitrogen and oxygen atoms in total. The summed E-state index contributed by atoms with van der Waals surface area (Å²) in [6.07, 6.45) is 6.73. The van der Waals surface area contributed by atoms with Crippen molar-refractivity contribution in [3.8, 4) is 11.3 Å². The third-order valence-electron chi connectivity index (χ3n) is 5.20. The maximum Gasteiger partial charge on any atom is 0.269 e. The molecular weight excluding hydrogens is 344 g/mol. The molecule has 0 N–H and O–H groups in total. The van der Waals surface area contributed by atoms with Crippen molar-refractivity contribution in [2.24, 2.45) is 0 Å². The van der Waals surface area contributed by atoms with E-state index >= 15 is 0 Å². The average molecular weight is 360 g/mol. The fourth-order valence-electron chi connectivity index (χ4n) is 3.88. The topological polar surface area (TPSA) is 56.0 Å². The van der Waals surface area contributed by atoms with E-state index in [1.807, 2.05) is 6.20 Å². The molecule has 26 heavy (non-hydrogen) atoms. The lowest BCUT2D eigenvalue weighted by atomic mass is 9.90. The standard InChI is InChI=1S/C21H16N2O2S/c24-23(25)16-7-5-13(6-8-16)20-21-17(9-10-22-20)18-11-14-3-1-2-4-15(14)12-19(18)26-21/h5-12H,1-4H2. The maximum absolute atomic E-state index is 10.9. The smallest absolute Gasteiger partial charge is 0.258 e. The Bertz CT molecular complexity index is 1160. The van der Waals surface area contributed by atoms with E-state index in [1.165, 1.54) is 52.3 Å². The first kappa shape index (κ1) is 15.5. The second-order valence-corrected chi connectivity index (χ2v) is 7.82. The van der Waals surface area contributed by atoms with Gasteiger partial charge < -0.3 is 0 Å². The average Bonchev–Trinajstić information content (AvgIpc) is 3.03. The number of non-ortho nitro benzene ring substituents is 1. The van der Waals surface area contributed by atoms with E-state index in [0.29, 0.717) is 0 Å². The zero-order valence-electron chi connectivity index (χ0n) is 14.1. The van der Waals surface area contributed by atoms with Crippen LogP contribution in [-0.4, -0.2) is 9.91 Å². The lowest BCUT2D eigenvalue weighted by molar-refractivity contribution is -0.384. The molecule has 5 rings (SSSR count). The molecule has 0 saturated carbocycles. The lowest BCUT2D eigenvalue weighted by Gasteiger charge is -2.15. The number of fused-ring (bicyclic) bond motifs is 4. The van der Waals surface area contributed by atoms with Crippen molar-refractivity contribution < 1.29 is 4.92 Å². The molecule has 128 valence electrons. The van der Waals surface area contributed by atoms with Gasteiger partial charge >= 0.3 is 0 Å². The van der Waals surface area contributed by atoms with Crippen molar-refractivity contribution in [3.63, 3.8) is 0 Å². The number of hydrogen-bond donors (Lipinski definition) is 0. The number of benzene rings is 2. The number of nitro groups is 1. The maximum atomic E-state index is 10.9. The molecule has 2 aromatic carbocycles. The summed E-state index contributed by atoms with van der Waals surface area (Å²) in [5.74, 6) is 0. The van der Waals surface area contributed by atoms with Gasteiger partial charge in [0.2, 0.25) is 0 Å². The van der Waals surface area contributed by atoms with E-state index in [0.717, 1.165) is 16.0 Å². The molecule has 0 unspecified atom stereocenters. The number of pyridine rings is 1. The molecule has 0 aliphatic heterocycles. The molecule has 0 bridgehead atoms. The van der Waals surface area contributed by atoms with Crippen LogP contribution >= 0.6 is 11.3 Å². The van der Waals surface area contributed by atoms with Crippen LogP contribution in [0.1, 0.15) is 24.0 Å². The minimum atomic E-state index is -0.373. The van der Waals surface area contributed by atoms with Crippen LogP contribution in [0, 0.1) is 10.1 Å². The first-order valence-electron chi connectivity index (χ1n) is 8.78. The molecule has 5 heteroatoms. The Morgan fingerprint density at radius 3 is 2.42 bits per heavy atom. The van der Waals surface area contributed by atoms with Crippen molar-refractivity contribution in [1.82, 2.24) is 4.98 Å². The van der Waals surface area contributed by atoms with E-state index in [1.54, 1.807) is 35.6 Å². The summed E-state index contributed by atoms with van der Waals surface area (Å²) in [4.78, 5) is 15.1. The molecule has 0 saturated heterocycles. The van der Waals surface area contributed by atoms with Crippen LogP contribution in [0.15, 0.2) is 48.7 Å².